The molecule has 0 spiro atoms. The Morgan fingerprint density at radius 3 is 1.32 bits per heavy atom. The number of benzene rings is 6. The van der Waals surface area contributed by atoms with Crippen LogP contribution in [0.25, 0.3) is 0 Å². The minimum Gasteiger partial charge on any atom is -0.502 e. The number of nitro benzene ring substituents is 4. The third kappa shape index (κ3) is 22.6. The number of nitrogens with one attached hydrogen (secondary N) is 2. The van der Waals surface area contributed by atoms with Gasteiger partial charge in [-0.3, -0.25) is 64.4 Å². The predicted molar refractivity (Wildman–Crippen MR) is 314 cm³/mol. The lowest BCUT2D eigenvalue weighted by Gasteiger charge is -2.10. The van der Waals surface area contributed by atoms with Crippen molar-refractivity contribution in [1.29, 1.82) is 0 Å². The number of nitro groups is 4. The number of carbonyl (C=O) groups excluding carboxylic acids is 5. The Kier molecular flexibility index (Phi) is 29.2. The second-order valence-electron chi connectivity index (χ2n) is 17.3. The van der Waals surface area contributed by atoms with Crippen molar-refractivity contribution in [1.82, 2.24) is 0 Å². The predicted octanol–water partition coefficient (Wildman–Crippen LogP) is 12.0. The van der Waals surface area contributed by atoms with Gasteiger partial charge in [0.05, 0.1) is 43.8 Å². The lowest BCUT2D eigenvalue weighted by atomic mass is 10.1. The molecule has 5 N–H and O–H groups in total. The summed E-state index contributed by atoms with van der Waals surface area (Å²) in [6.07, 6.45) is 0.330. The number of hydrogen-bond donors (Lipinski definition) is 5. The Balaban J connectivity index is 0.000000332. The zero-order valence-electron chi connectivity index (χ0n) is 44.6. The summed E-state index contributed by atoms with van der Waals surface area (Å²) in [5.41, 5.74) is 8.35. The molecule has 6 aromatic rings. The molecule has 1 saturated heterocycles. The number of ether oxygens (including phenoxy) is 1. The standard InChI is InChI=1S/C10H12BrNO2.C10H11NO2.C9H10BrNO3.C9H8BrNO3.C9H9NO3.C8H7NO4/c1-7-2-3-8(10(14)5-11)4-9(7)12-6-13;1-7-2-3-8(10-5-13-10)4-9(7)11-6-12;2*1-6-2-3-7(9(12)5-10)4-8(6)11(13)14;1-6-3-4-8(7(2)11)5-9(6)10(12)13;1-5(10)6-2-3-8(11)7(4-6)9(12)13/h2-4,6,10,14H,5H2,1H3,(H,12,13);2-4,6,10H,5H2,1H3,(H,11,12);2-4,9,12H,5H2,1H3;2-4H,5H2,1H3;3-5H,1-2H3;2-4,11H,1H3/t2*10-;9-;;;/m000.../s1. The lowest BCUT2D eigenvalue weighted by Crippen LogP contribution is -2.02. The number of phenols is 1. The number of epoxide rings is 1. The number of aliphatic hydroxyl groups is 2. The van der Waals surface area contributed by atoms with Crippen molar-refractivity contribution < 1.29 is 63.7 Å². The number of halogens is 3. The molecule has 26 heteroatoms. The summed E-state index contributed by atoms with van der Waals surface area (Å²) >= 11 is 9.32. The van der Waals surface area contributed by atoms with E-state index in [4.69, 9.17) is 9.84 Å². The van der Waals surface area contributed by atoms with Gasteiger partial charge in [0.15, 0.2) is 23.1 Å². The Morgan fingerprint density at radius 1 is 0.556 bits per heavy atom. The summed E-state index contributed by atoms with van der Waals surface area (Å²) in [6.45, 7) is 12.3. The molecule has 0 aliphatic carbocycles. The molecule has 0 saturated carbocycles. The van der Waals surface area contributed by atoms with Gasteiger partial charge in [-0.2, -0.15) is 0 Å². The normalized spacial score (nSPS) is 12.2. The van der Waals surface area contributed by atoms with Crippen LogP contribution in [0, 0.1) is 75.1 Å². The highest BCUT2D eigenvalue weighted by molar-refractivity contribution is 9.09. The molecule has 0 bridgehead atoms. The second-order valence-corrected chi connectivity index (χ2v) is 19.1. The molecule has 81 heavy (non-hydrogen) atoms. The van der Waals surface area contributed by atoms with E-state index >= 15 is 0 Å². The number of aromatic hydroxyl groups is 1. The highest BCUT2D eigenvalue weighted by Gasteiger charge is 2.25. The molecule has 0 unspecified atom stereocenters. The van der Waals surface area contributed by atoms with Crippen LogP contribution < -0.4 is 10.6 Å². The van der Waals surface area contributed by atoms with Crippen LogP contribution >= 0.6 is 47.8 Å². The fraction of sp³-hybridized carbons (Fsp3) is 0.255. The first-order valence-corrected chi connectivity index (χ1v) is 27.1. The molecule has 0 radical (unpaired) electrons. The van der Waals surface area contributed by atoms with Gasteiger partial charge < -0.3 is 30.7 Å². The molecule has 3 atom stereocenters. The summed E-state index contributed by atoms with van der Waals surface area (Å²) in [7, 11) is 0. The number of nitrogens with zero attached hydrogens (tertiary/aromatic N) is 4. The monoisotopic (exact) mass is 1310 g/mol. The topological polar surface area (TPSA) is 355 Å². The number of Topliss-reactive ketones (excluding diaryl/α,β-unsaturated/α-hetero) is 3. The van der Waals surface area contributed by atoms with Gasteiger partial charge in [-0.15, -0.1) is 0 Å². The average molecular weight is 1310 g/mol. The van der Waals surface area contributed by atoms with Crippen molar-refractivity contribution in [3.05, 3.63) is 211 Å². The summed E-state index contributed by atoms with van der Waals surface area (Å²) in [6, 6.07) is 28.7. The van der Waals surface area contributed by atoms with Crippen LogP contribution in [0.2, 0.25) is 0 Å². The van der Waals surface area contributed by atoms with E-state index < -0.39 is 43.3 Å². The van der Waals surface area contributed by atoms with Crippen molar-refractivity contribution in [2.75, 3.05) is 33.2 Å². The first-order valence-electron chi connectivity index (χ1n) is 23.7. The zero-order chi connectivity index (χ0) is 61.3. The highest BCUT2D eigenvalue weighted by Crippen LogP contribution is 2.32. The molecule has 6 aromatic carbocycles. The largest absolute Gasteiger partial charge is 0.502 e. The highest BCUT2D eigenvalue weighted by atomic mass is 79.9. The first kappa shape index (κ1) is 69.1. The van der Waals surface area contributed by atoms with E-state index in [0.29, 0.717) is 56.9 Å². The van der Waals surface area contributed by atoms with Gasteiger partial charge in [0.25, 0.3) is 17.1 Å². The first-order chi connectivity index (χ1) is 38.1. The summed E-state index contributed by atoms with van der Waals surface area (Å²) in [5, 5.41) is 76.3. The third-order valence-electron chi connectivity index (χ3n) is 11.4. The molecule has 0 aromatic heterocycles. The Labute approximate surface area is 489 Å². The van der Waals surface area contributed by atoms with Gasteiger partial charge >= 0.3 is 5.69 Å². The number of phenolic OH excluding ortho intramolecular Hbond substituents is 1. The van der Waals surface area contributed by atoms with Crippen LogP contribution in [0.5, 0.6) is 5.75 Å². The van der Waals surface area contributed by atoms with Crippen molar-refractivity contribution >= 4 is 112 Å². The summed E-state index contributed by atoms with van der Waals surface area (Å²) < 4.78 is 5.15. The van der Waals surface area contributed by atoms with E-state index in [1.807, 2.05) is 44.2 Å². The number of hydrogen-bond acceptors (Lipinski definition) is 17. The van der Waals surface area contributed by atoms with Crippen LogP contribution in [0.15, 0.2) is 109 Å². The SMILES string of the molecule is CC(=O)c1ccc(C)c([N+](=O)[O-])c1.CC(=O)c1ccc(O)c([N+](=O)[O-])c1.Cc1ccc(C(=O)CBr)cc1[N+](=O)[O-].Cc1ccc([C@@H](O)CBr)cc1NC=O.Cc1ccc([C@@H](O)CBr)cc1[N+](=O)[O-].Cc1ccc([C@@H]2CO2)cc1NC=O. The maximum Gasteiger partial charge on any atom is 0.311 e. The number of carbonyl (C=O) groups is 5. The van der Waals surface area contributed by atoms with Gasteiger partial charge in [-0.1, -0.05) is 108 Å². The Morgan fingerprint density at radius 2 is 0.914 bits per heavy atom. The minimum absolute atomic E-state index is 0.00676. The van der Waals surface area contributed by atoms with Gasteiger partial charge in [0, 0.05) is 79.7 Å². The molecule has 1 heterocycles. The maximum absolute atomic E-state index is 11.2. The molecule has 1 fully saturated rings. The van der Waals surface area contributed by atoms with E-state index in [2.05, 4.69) is 58.4 Å². The van der Waals surface area contributed by atoms with Gasteiger partial charge in [0.2, 0.25) is 12.8 Å². The number of anilines is 2. The van der Waals surface area contributed by atoms with E-state index in [0.717, 1.165) is 52.4 Å². The van der Waals surface area contributed by atoms with Gasteiger partial charge in [-0.25, -0.2) is 0 Å². The van der Waals surface area contributed by atoms with Crippen molar-refractivity contribution in [3.63, 3.8) is 0 Å². The number of ketones is 3. The fourth-order valence-electron chi connectivity index (χ4n) is 6.54. The number of alkyl halides is 3. The Hall–Kier alpha value is -8.01. The number of aliphatic hydroxyl groups excluding tert-OH is 2. The summed E-state index contributed by atoms with van der Waals surface area (Å²) in [5.74, 6) is -1.03. The molecular formula is C55H57Br3N6O17. The zero-order valence-corrected chi connectivity index (χ0v) is 49.3. The molecule has 430 valence electrons. The smallest absolute Gasteiger partial charge is 0.311 e. The van der Waals surface area contributed by atoms with E-state index in [9.17, 15) is 74.6 Å². The average Bonchev–Trinajstić information content (AvgIpc) is 4.29. The lowest BCUT2D eigenvalue weighted by molar-refractivity contribution is -0.386. The number of rotatable bonds is 17. The summed E-state index contributed by atoms with van der Waals surface area (Å²) in [4.78, 5) is 93.4. The van der Waals surface area contributed by atoms with Crippen molar-refractivity contribution in [2.24, 2.45) is 0 Å². The van der Waals surface area contributed by atoms with E-state index in [-0.39, 0.29) is 51.4 Å². The van der Waals surface area contributed by atoms with Crippen LogP contribution in [0.4, 0.5) is 34.1 Å². The molecule has 1 aliphatic heterocycles. The fourth-order valence-corrected chi connectivity index (χ4v) is 7.62. The quantitative estimate of drug-likeness (QED) is 0.0141. The molecule has 7 rings (SSSR count). The van der Waals surface area contributed by atoms with Crippen LogP contribution in [-0.2, 0) is 14.3 Å². The van der Waals surface area contributed by atoms with E-state index in [1.54, 1.807) is 63.2 Å². The Bertz CT molecular complexity index is 3170. The number of amides is 2. The third-order valence-corrected chi connectivity index (χ3v) is 13.1. The van der Waals surface area contributed by atoms with Gasteiger partial charge in [0.1, 0.15) is 6.10 Å². The van der Waals surface area contributed by atoms with Crippen LogP contribution in [-0.4, -0.2) is 87.8 Å². The van der Waals surface area contributed by atoms with Crippen LogP contribution in [0.3, 0.4) is 0 Å². The van der Waals surface area contributed by atoms with Crippen LogP contribution in [0.1, 0.15) is 108 Å². The number of aryl methyl sites for hydroxylation is 5. The minimum atomic E-state index is -0.734. The molecule has 2 amide bonds. The molecular weight excluding hydrogens is 1260 g/mol. The van der Waals surface area contributed by atoms with E-state index in [1.165, 1.54) is 38.1 Å². The molecule has 1 aliphatic rings. The second kappa shape index (κ2) is 34.2. The van der Waals surface area contributed by atoms with Gasteiger partial charge in [-0.05, 0) is 101 Å². The maximum atomic E-state index is 11.2. The van der Waals surface area contributed by atoms with Crippen molar-refractivity contribution in [2.45, 2.75) is 66.8 Å². The molecule has 23 nitrogen and oxygen atoms in total. The van der Waals surface area contributed by atoms with Crippen molar-refractivity contribution in [3.8, 4) is 5.75 Å².